The summed E-state index contributed by atoms with van der Waals surface area (Å²) in [6.45, 7) is 3.74. The van der Waals surface area contributed by atoms with Gasteiger partial charge in [0.15, 0.2) is 0 Å². The average molecular weight is 359 g/mol. The number of urea groups is 1. The molecule has 1 aliphatic rings. The molecule has 138 valence electrons. The second-order valence-electron chi connectivity index (χ2n) is 5.91. The standard InChI is InChI=1S/C18H21N3O5/c1-5-11(2)26-17(24)12-6-8-13(9-7-12)19-10-14-15(22)20(3)18(25)21(4)16(14)23/h6-11,19H,5H2,1-4H3. The number of hydrogen-bond donors (Lipinski definition) is 1. The van der Waals surface area contributed by atoms with Gasteiger partial charge in [0.25, 0.3) is 11.8 Å². The Labute approximate surface area is 151 Å². The minimum absolute atomic E-state index is 0.158. The van der Waals surface area contributed by atoms with E-state index in [9.17, 15) is 19.2 Å². The molecule has 1 unspecified atom stereocenters. The summed E-state index contributed by atoms with van der Waals surface area (Å²) < 4.78 is 5.24. The monoisotopic (exact) mass is 359 g/mol. The highest BCUT2D eigenvalue weighted by atomic mass is 16.5. The normalized spacial score (nSPS) is 15.8. The van der Waals surface area contributed by atoms with E-state index in [1.54, 1.807) is 24.3 Å². The molecule has 0 aliphatic carbocycles. The zero-order chi connectivity index (χ0) is 19.4. The molecule has 26 heavy (non-hydrogen) atoms. The van der Waals surface area contributed by atoms with Gasteiger partial charge in [-0.1, -0.05) is 6.92 Å². The zero-order valence-electron chi connectivity index (χ0n) is 15.1. The topological polar surface area (TPSA) is 96.0 Å². The lowest BCUT2D eigenvalue weighted by molar-refractivity contribution is -0.134. The minimum Gasteiger partial charge on any atom is -0.459 e. The van der Waals surface area contributed by atoms with Gasteiger partial charge < -0.3 is 10.1 Å². The number of imide groups is 2. The van der Waals surface area contributed by atoms with Crippen molar-refractivity contribution >= 4 is 29.5 Å². The quantitative estimate of drug-likeness (QED) is 0.491. The van der Waals surface area contributed by atoms with Crippen molar-refractivity contribution in [2.24, 2.45) is 0 Å². The number of anilines is 1. The molecule has 0 bridgehead atoms. The van der Waals surface area contributed by atoms with Crippen molar-refractivity contribution in [1.82, 2.24) is 9.80 Å². The third kappa shape index (κ3) is 3.90. The number of likely N-dealkylation sites (N-methyl/N-ethyl adjacent to an activating group) is 2. The van der Waals surface area contributed by atoms with Gasteiger partial charge in [-0.25, -0.2) is 9.59 Å². The highest BCUT2D eigenvalue weighted by Gasteiger charge is 2.37. The number of rotatable bonds is 5. The Hall–Kier alpha value is -3.16. The van der Waals surface area contributed by atoms with Crippen molar-refractivity contribution in [2.75, 3.05) is 19.4 Å². The van der Waals surface area contributed by atoms with Crippen LogP contribution in [0.4, 0.5) is 10.5 Å². The van der Waals surface area contributed by atoms with E-state index in [0.717, 1.165) is 16.2 Å². The van der Waals surface area contributed by atoms with Gasteiger partial charge in [0, 0.05) is 26.0 Å². The van der Waals surface area contributed by atoms with E-state index in [-0.39, 0.29) is 11.7 Å². The van der Waals surface area contributed by atoms with Gasteiger partial charge in [0.2, 0.25) is 0 Å². The molecule has 8 heteroatoms. The molecule has 1 saturated heterocycles. The fourth-order valence-electron chi connectivity index (χ4n) is 2.17. The molecule has 1 fully saturated rings. The maximum Gasteiger partial charge on any atom is 0.338 e. The van der Waals surface area contributed by atoms with Crippen LogP contribution in [-0.2, 0) is 14.3 Å². The maximum absolute atomic E-state index is 12.1. The summed E-state index contributed by atoms with van der Waals surface area (Å²) in [5.74, 6) is -1.78. The average Bonchev–Trinajstić information content (AvgIpc) is 2.65. The lowest BCUT2D eigenvalue weighted by atomic mass is 10.1. The molecule has 8 nitrogen and oxygen atoms in total. The molecule has 4 amide bonds. The number of carbonyl (C=O) groups excluding carboxylic acids is 4. The number of hydrogen-bond acceptors (Lipinski definition) is 6. The van der Waals surface area contributed by atoms with Crippen molar-refractivity contribution in [3.63, 3.8) is 0 Å². The lowest BCUT2D eigenvalue weighted by Crippen LogP contribution is -2.53. The van der Waals surface area contributed by atoms with Crippen molar-refractivity contribution in [1.29, 1.82) is 0 Å². The molecule has 0 saturated carbocycles. The highest BCUT2D eigenvalue weighted by Crippen LogP contribution is 2.16. The van der Waals surface area contributed by atoms with Gasteiger partial charge in [-0.15, -0.1) is 0 Å². The molecule has 1 heterocycles. The van der Waals surface area contributed by atoms with Crippen LogP contribution >= 0.6 is 0 Å². The smallest absolute Gasteiger partial charge is 0.338 e. The van der Waals surface area contributed by atoms with Gasteiger partial charge >= 0.3 is 12.0 Å². The molecule has 1 atom stereocenters. The Balaban J connectivity index is 2.10. The van der Waals surface area contributed by atoms with Crippen LogP contribution in [0.2, 0.25) is 0 Å². The van der Waals surface area contributed by atoms with Crippen LogP contribution in [0.25, 0.3) is 0 Å². The predicted molar refractivity (Wildman–Crippen MR) is 94.3 cm³/mol. The fraction of sp³-hybridized carbons (Fsp3) is 0.333. The van der Waals surface area contributed by atoms with Gasteiger partial charge in [-0.05, 0) is 37.6 Å². The number of barbiturate groups is 1. The van der Waals surface area contributed by atoms with E-state index in [1.165, 1.54) is 20.3 Å². The SMILES string of the molecule is CCC(C)OC(=O)c1ccc(NC=C2C(=O)N(C)C(=O)N(C)C2=O)cc1. The van der Waals surface area contributed by atoms with Crippen LogP contribution in [0, 0.1) is 0 Å². The van der Waals surface area contributed by atoms with Crippen LogP contribution in [0.1, 0.15) is 30.6 Å². The molecular weight excluding hydrogens is 338 g/mol. The first kappa shape index (κ1) is 19.2. The van der Waals surface area contributed by atoms with Crippen molar-refractivity contribution < 1.29 is 23.9 Å². The number of amides is 4. The summed E-state index contributed by atoms with van der Waals surface area (Å²) >= 11 is 0. The second-order valence-corrected chi connectivity index (χ2v) is 5.91. The Bertz CT molecular complexity index is 744. The number of carbonyl (C=O) groups is 4. The Kier molecular flexibility index (Phi) is 5.76. The number of esters is 1. The van der Waals surface area contributed by atoms with E-state index in [1.807, 2.05) is 13.8 Å². The molecule has 1 aromatic carbocycles. The van der Waals surface area contributed by atoms with Crippen LogP contribution in [0.3, 0.4) is 0 Å². The largest absolute Gasteiger partial charge is 0.459 e. The minimum atomic E-state index is -0.681. The second kappa shape index (κ2) is 7.81. The third-order valence-electron chi connectivity index (χ3n) is 4.03. The highest BCUT2D eigenvalue weighted by molar-refractivity contribution is 6.28. The summed E-state index contributed by atoms with van der Waals surface area (Å²) in [5.41, 5.74) is 0.814. The van der Waals surface area contributed by atoms with E-state index in [2.05, 4.69) is 5.32 Å². The third-order valence-corrected chi connectivity index (χ3v) is 4.03. The van der Waals surface area contributed by atoms with E-state index in [4.69, 9.17) is 4.74 Å². The number of ether oxygens (including phenoxy) is 1. The summed E-state index contributed by atoms with van der Waals surface area (Å²) in [4.78, 5) is 49.5. The molecule has 0 spiro atoms. The molecule has 0 radical (unpaired) electrons. The van der Waals surface area contributed by atoms with E-state index < -0.39 is 23.8 Å². The van der Waals surface area contributed by atoms with Crippen LogP contribution in [0.15, 0.2) is 36.0 Å². The Morgan fingerprint density at radius 1 is 1.12 bits per heavy atom. The molecule has 1 N–H and O–H groups in total. The van der Waals surface area contributed by atoms with Crippen molar-refractivity contribution in [3.8, 4) is 0 Å². The summed E-state index contributed by atoms with van der Waals surface area (Å²) in [7, 11) is 2.61. The van der Waals surface area contributed by atoms with Crippen LogP contribution < -0.4 is 5.32 Å². The summed E-state index contributed by atoms with van der Waals surface area (Å²) in [6, 6.07) is 5.73. The first-order valence-electron chi connectivity index (χ1n) is 8.14. The first-order chi connectivity index (χ1) is 12.3. The summed E-state index contributed by atoms with van der Waals surface area (Å²) in [6.07, 6.45) is 1.81. The first-order valence-corrected chi connectivity index (χ1v) is 8.14. The molecule has 1 aliphatic heterocycles. The molecular formula is C18H21N3O5. The van der Waals surface area contributed by atoms with Gasteiger partial charge in [-0.2, -0.15) is 0 Å². The number of nitrogens with zero attached hydrogens (tertiary/aromatic N) is 2. The molecule has 2 rings (SSSR count). The van der Waals surface area contributed by atoms with Crippen LogP contribution in [-0.4, -0.2) is 53.8 Å². The molecule has 0 aromatic heterocycles. The van der Waals surface area contributed by atoms with Crippen LogP contribution in [0.5, 0.6) is 0 Å². The van der Waals surface area contributed by atoms with E-state index in [0.29, 0.717) is 11.3 Å². The fourth-order valence-corrected chi connectivity index (χ4v) is 2.17. The van der Waals surface area contributed by atoms with Gasteiger partial charge in [0.05, 0.1) is 11.7 Å². The molecule has 1 aromatic rings. The lowest BCUT2D eigenvalue weighted by Gasteiger charge is -2.28. The Morgan fingerprint density at radius 3 is 2.15 bits per heavy atom. The van der Waals surface area contributed by atoms with Gasteiger partial charge in [0.1, 0.15) is 5.57 Å². The van der Waals surface area contributed by atoms with Crippen molar-refractivity contribution in [2.45, 2.75) is 26.4 Å². The zero-order valence-corrected chi connectivity index (χ0v) is 15.1. The Morgan fingerprint density at radius 2 is 1.65 bits per heavy atom. The van der Waals surface area contributed by atoms with Crippen molar-refractivity contribution in [3.05, 3.63) is 41.6 Å². The van der Waals surface area contributed by atoms with Gasteiger partial charge in [-0.3, -0.25) is 19.4 Å². The number of nitrogens with one attached hydrogen (secondary N) is 1. The predicted octanol–water partition coefficient (Wildman–Crippen LogP) is 1.99. The number of benzene rings is 1. The summed E-state index contributed by atoms with van der Waals surface area (Å²) in [5, 5.41) is 2.83. The maximum atomic E-state index is 12.1. The van der Waals surface area contributed by atoms with E-state index >= 15 is 0 Å².